The summed E-state index contributed by atoms with van der Waals surface area (Å²) in [5.74, 6) is 0.339. The molecule has 0 bridgehead atoms. The maximum atomic E-state index is 11.5. The van der Waals surface area contributed by atoms with E-state index in [0.717, 1.165) is 5.69 Å². The van der Waals surface area contributed by atoms with Gasteiger partial charge in [-0.2, -0.15) is 0 Å². The Morgan fingerprint density at radius 2 is 2.00 bits per heavy atom. The van der Waals surface area contributed by atoms with Crippen LogP contribution in [0.4, 0.5) is 10.5 Å². The lowest BCUT2D eigenvalue weighted by molar-refractivity contribution is 0.145. The van der Waals surface area contributed by atoms with Crippen LogP contribution in [0.5, 0.6) is 0 Å². The van der Waals surface area contributed by atoms with Crippen molar-refractivity contribution in [2.24, 2.45) is 5.92 Å². The molecule has 0 aliphatic heterocycles. The molecule has 0 aliphatic carbocycles. The molecule has 1 aromatic rings. The normalized spacial score (nSPS) is 10.1. The van der Waals surface area contributed by atoms with E-state index < -0.39 is 6.09 Å². The van der Waals surface area contributed by atoms with Gasteiger partial charge in [0.2, 0.25) is 0 Å². The SMILES string of the molecule is CC(C)COC(=O)N(Br)c1ccccc1. The van der Waals surface area contributed by atoms with Crippen molar-refractivity contribution in [3.8, 4) is 0 Å². The minimum absolute atomic E-state index is 0.339. The van der Waals surface area contributed by atoms with Crippen LogP contribution in [-0.4, -0.2) is 12.7 Å². The average molecular weight is 272 g/mol. The molecule has 3 nitrogen and oxygen atoms in total. The maximum absolute atomic E-state index is 11.5. The van der Waals surface area contributed by atoms with E-state index in [1.807, 2.05) is 44.2 Å². The Kier molecular flexibility index (Phi) is 4.62. The lowest BCUT2D eigenvalue weighted by atomic mass is 10.2. The van der Waals surface area contributed by atoms with E-state index >= 15 is 0 Å². The highest BCUT2D eigenvalue weighted by molar-refractivity contribution is 9.10. The van der Waals surface area contributed by atoms with Crippen molar-refractivity contribution >= 4 is 27.9 Å². The molecule has 4 heteroatoms. The molecule has 0 spiro atoms. The summed E-state index contributed by atoms with van der Waals surface area (Å²) in [7, 11) is 0. The highest BCUT2D eigenvalue weighted by Gasteiger charge is 2.13. The van der Waals surface area contributed by atoms with Gasteiger partial charge in [-0.05, 0) is 18.1 Å². The molecule has 1 rings (SSSR count). The van der Waals surface area contributed by atoms with Crippen LogP contribution in [0.3, 0.4) is 0 Å². The molecule has 0 saturated heterocycles. The first-order valence-electron chi connectivity index (χ1n) is 4.79. The molecule has 0 aromatic heterocycles. The molecule has 0 fully saturated rings. The van der Waals surface area contributed by atoms with Gasteiger partial charge in [-0.25, -0.2) is 8.72 Å². The number of para-hydroxylation sites is 1. The third kappa shape index (κ3) is 3.91. The van der Waals surface area contributed by atoms with Gasteiger partial charge in [-0.15, -0.1) is 0 Å². The second-order valence-electron chi connectivity index (χ2n) is 3.59. The zero-order valence-corrected chi connectivity index (χ0v) is 10.4. The summed E-state index contributed by atoms with van der Waals surface area (Å²) in [5.41, 5.74) is 0.756. The Morgan fingerprint density at radius 1 is 1.40 bits per heavy atom. The van der Waals surface area contributed by atoms with Crippen LogP contribution in [0, 0.1) is 5.92 Å². The predicted molar refractivity (Wildman–Crippen MR) is 64.0 cm³/mol. The van der Waals surface area contributed by atoms with E-state index in [0.29, 0.717) is 12.5 Å². The van der Waals surface area contributed by atoms with E-state index in [-0.39, 0.29) is 0 Å². The van der Waals surface area contributed by atoms with Crippen LogP contribution in [0.25, 0.3) is 0 Å². The van der Waals surface area contributed by atoms with Gasteiger partial charge in [0.05, 0.1) is 28.4 Å². The fraction of sp³-hybridized carbons (Fsp3) is 0.364. The van der Waals surface area contributed by atoms with E-state index in [1.165, 1.54) is 3.93 Å². The number of hydrogen-bond acceptors (Lipinski definition) is 2. The fourth-order valence-corrected chi connectivity index (χ4v) is 1.30. The van der Waals surface area contributed by atoms with Crippen molar-refractivity contribution in [3.05, 3.63) is 30.3 Å². The quantitative estimate of drug-likeness (QED) is 0.787. The van der Waals surface area contributed by atoms with Gasteiger partial charge in [0.1, 0.15) is 0 Å². The number of nitrogens with zero attached hydrogens (tertiary/aromatic N) is 1. The monoisotopic (exact) mass is 271 g/mol. The summed E-state index contributed by atoms with van der Waals surface area (Å²) in [5, 5.41) is 0. The van der Waals surface area contributed by atoms with Crippen molar-refractivity contribution < 1.29 is 9.53 Å². The van der Waals surface area contributed by atoms with Gasteiger partial charge in [-0.3, -0.25) is 0 Å². The molecule has 0 unspecified atom stereocenters. The van der Waals surface area contributed by atoms with E-state index in [2.05, 4.69) is 16.1 Å². The Morgan fingerprint density at radius 3 is 2.53 bits per heavy atom. The number of anilines is 1. The molecule has 1 amide bonds. The summed E-state index contributed by atoms with van der Waals surface area (Å²) in [6, 6.07) is 9.26. The molecular formula is C11H14BrNO2. The van der Waals surface area contributed by atoms with Gasteiger partial charge in [0, 0.05) is 0 Å². The summed E-state index contributed by atoms with van der Waals surface area (Å²) in [6.45, 7) is 4.41. The van der Waals surface area contributed by atoms with Crippen LogP contribution < -0.4 is 3.93 Å². The summed E-state index contributed by atoms with van der Waals surface area (Å²) in [6.07, 6.45) is -0.394. The Labute approximate surface area is 98.4 Å². The molecule has 0 heterocycles. The highest BCUT2D eigenvalue weighted by atomic mass is 79.9. The first-order valence-corrected chi connectivity index (χ1v) is 5.50. The first-order chi connectivity index (χ1) is 7.11. The van der Waals surface area contributed by atoms with Crippen LogP contribution in [0.1, 0.15) is 13.8 Å². The molecule has 0 aliphatic rings. The first kappa shape index (κ1) is 12.0. The van der Waals surface area contributed by atoms with Crippen LogP contribution in [0.2, 0.25) is 0 Å². The van der Waals surface area contributed by atoms with Gasteiger partial charge in [-0.1, -0.05) is 32.0 Å². The molecule has 82 valence electrons. The second-order valence-corrected chi connectivity index (χ2v) is 4.30. The zero-order valence-electron chi connectivity index (χ0n) is 8.81. The number of ether oxygens (including phenoxy) is 1. The summed E-state index contributed by atoms with van der Waals surface area (Å²) < 4.78 is 6.37. The number of halogens is 1. The lowest BCUT2D eigenvalue weighted by Crippen LogP contribution is -2.22. The number of carbonyl (C=O) groups is 1. The van der Waals surface area contributed by atoms with Crippen LogP contribution >= 0.6 is 16.1 Å². The molecule has 0 N–H and O–H groups in total. The van der Waals surface area contributed by atoms with Crippen molar-refractivity contribution in [3.63, 3.8) is 0 Å². The fourth-order valence-electron chi connectivity index (χ4n) is 0.959. The smallest absolute Gasteiger partial charge is 0.424 e. The average Bonchev–Trinajstić information content (AvgIpc) is 2.26. The third-order valence-electron chi connectivity index (χ3n) is 1.68. The third-order valence-corrected chi connectivity index (χ3v) is 2.38. The predicted octanol–water partition coefficient (Wildman–Crippen LogP) is 3.60. The number of benzene rings is 1. The molecular weight excluding hydrogens is 258 g/mol. The molecule has 0 atom stereocenters. The topological polar surface area (TPSA) is 29.5 Å². The number of carbonyl (C=O) groups excluding carboxylic acids is 1. The van der Waals surface area contributed by atoms with E-state index in [1.54, 1.807) is 0 Å². The van der Waals surface area contributed by atoms with Crippen molar-refractivity contribution in [2.75, 3.05) is 10.5 Å². The zero-order chi connectivity index (χ0) is 11.3. The van der Waals surface area contributed by atoms with Gasteiger partial charge < -0.3 is 4.74 Å². The van der Waals surface area contributed by atoms with Gasteiger partial charge >= 0.3 is 6.09 Å². The molecule has 0 radical (unpaired) electrons. The molecule has 1 aromatic carbocycles. The van der Waals surface area contributed by atoms with Crippen LogP contribution in [0.15, 0.2) is 30.3 Å². The number of amides is 1. The van der Waals surface area contributed by atoms with E-state index in [4.69, 9.17) is 4.74 Å². The summed E-state index contributed by atoms with van der Waals surface area (Å²) in [4.78, 5) is 11.5. The minimum Gasteiger partial charge on any atom is -0.448 e. The van der Waals surface area contributed by atoms with Gasteiger partial charge in [0.25, 0.3) is 0 Å². The Hall–Kier alpha value is -1.03. The van der Waals surface area contributed by atoms with E-state index in [9.17, 15) is 4.79 Å². The number of hydrogen-bond donors (Lipinski definition) is 0. The maximum Gasteiger partial charge on any atom is 0.424 e. The van der Waals surface area contributed by atoms with Crippen LogP contribution in [-0.2, 0) is 4.74 Å². The van der Waals surface area contributed by atoms with Gasteiger partial charge in [0.15, 0.2) is 0 Å². The highest BCUT2D eigenvalue weighted by Crippen LogP contribution is 2.18. The van der Waals surface area contributed by atoms with Crippen molar-refractivity contribution in [2.45, 2.75) is 13.8 Å². The largest absolute Gasteiger partial charge is 0.448 e. The standard InChI is InChI=1S/C11H14BrNO2/c1-9(2)8-15-11(14)13(12)10-6-4-3-5-7-10/h3-7,9H,8H2,1-2H3. The molecule has 15 heavy (non-hydrogen) atoms. The van der Waals surface area contributed by atoms with Crippen molar-refractivity contribution in [1.82, 2.24) is 0 Å². The number of rotatable bonds is 3. The second kappa shape index (κ2) is 5.75. The summed E-state index contributed by atoms with van der Waals surface area (Å²) >= 11 is 3.16. The Balaban J connectivity index is 2.54. The Bertz CT molecular complexity index is 314. The lowest BCUT2D eigenvalue weighted by Gasteiger charge is -2.15. The minimum atomic E-state index is -0.394. The van der Waals surface area contributed by atoms with Crippen molar-refractivity contribution in [1.29, 1.82) is 0 Å². The molecule has 0 saturated carbocycles.